The first kappa shape index (κ1) is 22.9. The van der Waals surface area contributed by atoms with E-state index in [4.69, 9.17) is 0 Å². The van der Waals surface area contributed by atoms with Gasteiger partial charge in [0.15, 0.2) is 0 Å². The Hall–Kier alpha value is -1.76. The second-order valence-corrected chi connectivity index (χ2v) is 11.8. The Morgan fingerprint density at radius 3 is 1.53 bits per heavy atom. The average molecular weight is 407 g/mol. The highest BCUT2D eigenvalue weighted by Gasteiger charge is 2.30. The Balaban J connectivity index is 1.89. The van der Waals surface area contributed by atoms with E-state index in [9.17, 15) is 5.11 Å². The number of phenolic OH excluding ortho intramolecular Hbond substituents is 1. The number of aryl methyl sites for hydroxylation is 3. The molecule has 1 aliphatic carbocycles. The van der Waals surface area contributed by atoms with Gasteiger partial charge >= 0.3 is 0 Å². The van der Waals surface area contributed by atoms with Crippen molar-refractivity contribution >= 4 is 0 Å². The number of rotatable bonds is 2. The summed E-state index contributed by atoms with van der Waals surface area (Å²) in [7, 11) is 0. The summed E-state index contributed by atoms with van der Waals surface area (Å²) in [5.41, 5.74) is 9.33. The summed E-state index contributed by atoms with van der Waals surface area (Å²) in [6, 6.07) is 9.40. The molecule has 1 aliphatic rings. The van der Waals surface area contributed by atoms with E-state index < -0.39 is 0 Å². The molecule has 3 rings (SSSR count). The van der Waals surface area contributed by atoms with Crippen molar-refractivity contribution in [1.29, 1.82) is 0 Å². The number of benzene rings is 2. The van der Waals surface area contributed by atoms with Crippen LogP contribution in [0.1, 0.15) is 118 Å². The lowest BCUT2D eigenvalue weighted by atomic mass is 9.72. The van der Waals surface area contributed by atoms with Gasteiger partial charge in [-0.05, 0) is 108 Å². The molecule has 0 amide bonds. The molecule has 0 saturated heterocycles. The molecule has 1 heteroatoms. The fraction of sp³-hybridized carbons (Fsp3) is 0.586. The Bertz CT molecular complexity index is 878. The topological polar surface area (TPSA) is 20.2 Å². The van der Waals surface area contributed by atoms with Crippen molar-refractivity contribution in [2.45, 2.75) is 111 Å². The molecule has 164 valence electrons. The molecule has 0 heterocycles. The van der Waals surface area contributed by atoms with E-state index in [1.54, 1.807) is 5.56 Å². The predicted molar refractivity (Wildman–Crippen MR) is 130 cm³/mol. The Morgan fingerprint density at radius 2 is 1.07 bits per heavy atom. The molecular weight excluding hydrogens is 364 g/mol. The lowest BCUT2D eigenvalue weighted by molar-refractivity contribution is 0.390. The van der Waals surface area contributed by atoms with Crippen LogP contribution in [0.25, 0.3) is 0 Å². The van der Waals surface area contributed by atoms with Gasteiger partial charge in [-0.25, -0.2) is 0 Å². The van der Waals surface area contributed by atoms with Crippen molar-refractivity contribution < 1.29 is 5.11 Å². The number of hydrogen-bond donors (Lipinski definition) is 1. The number of hydrogen-bond acceptors (Lipinski definition) is 1. The molecule has 0 aliphatic heterocycles. The van der Waals surface area contributed by atoms with Crippen molar-refractivity contribution in [3.63, 3.8) is 0 Å². The first-order chi connectivity index (χ1) is 13.8. The minimum atomic E-state index is -0.0617. The minimum Gasteiger partial charge on any atom is -0.507 e. The lowest BCUT2D eigenvalue weighted by Crippen LogP contribution is -2.20. The van der Waals surface area contributed by atoms with Gasteiger partial charge in [0.1, 0.15) is 5.75 Å². The van der Waals surface area contributed by atoms with Crippen LogP contribution in [0.2, 0.25) is 0 Å². The molecule has 1 fully saturated rings. The van der Waals surface area contributed by atoms with Gasteiger partial charge < -0.3 is 5.11 Å². The maximum atomic E-state index is 11.1. The molecule has 1 nitrogen and oxygen atoms in total. The third-order valence-electron chi connectivity index (χ3n) is 7.27. The van der Waals surface area contributed by atoms with E-state index in [0.717, 1.165) is 11.1 Å². The van der Waals surface area contributed by atoms with Gasteiger partial charge in [0.05, 0.1) is 0 Å². The SMILES string of the molecule is Cc1cc(C)c(C2CCC(c3cc(C(C)(C)C)c(O)c(C(C)(C)C)c3)CC2)cc1C. The second kappa shape index (κ2) is 8.06. The lowest BCUT2D eigenvalue weighted by Gasteiger charge is -2.33. The van der Waals surface area contributed by atoms with Gasteiger partial charge in [0, 0.05) is 0 Å². The summed E-state index contributed by atoms with van der Waals surface area (Å²) in [5.74, 6) is 1.77. The third kappa shape index (κ3) is 4.61. The number of aromatic hydroxyl groups is 1. The second-order valence-electron chi connectivity index (χ2n) is 11.8. The Kier molecular flexibility index (Phi) is 6.16. The molecule has 0 spiro atoms. The maximum absolute atomic E-state index is 11.1. The zero-order chi connectivity index (χ0) is 22.4. The smallest absolute Gasteiger partial charge is 0.123 e. The highest BCUT2D eigenvalue weighted by atomic mass is 16.3. The molecule has 30 heavy (non-hydrogen) atoms. The molecule has 0 atom stereocenters. The average Bonchev–Trinajstić information content (AvgIpc) is 2.63. The van der Waals surface area contributed by atoms with Crippen LogP contribution in [-0.2, 0) is 10.8 Å². The van der Waals surface area contributed by atoms with Gasteiger partial charge in [0.2, 0.25) is 0 Å². The molecule has 0 unspecified atom stereocenters. The predicted octanol–water partition coefficient (Wildman–Crippen LogP) is 8.35. The van der Waals surface area contributed by atoms with E-state index in [2.05, 4.69) is 86.6 Å². The van der Waals surface area contributed by atoms with Crippen LogP contribution in [0.4, 0.5) is 0 Å². The van der Waals surface area contributed by atoms with Crippen LogP contribution in [0.5, 0.6) is 5.75 Å². The van der Waals surface area contributed by atoms with Crippen molar-refractivity contribution in [2.24, 2.45) is 0 Å². The zero-order valence-electron chi connectivity index (χ0n) is 20.7. The highest BCUT2D eigenvalue weighted by molar-refractivity contribution is 5.51. The van der Waals surface area contributed by atoms with Gasteiger partial charge in [0.25, 0.3) is 0 Å². The summed E-state index contributed by atoms with van der Waals surface area (Å²) in [6.07, 6.45) is 4.97. The molecule has 1 saturated carbocycles. The fourth-order valence-corrected chi connectivity index (χ4v) is 5.20. The summed E-state index contributed by atoms with van der Waals surface area (Å²) in [5, 5.41) is 11.1. The van der Waals surface area contributed by atoms with Crippen molar-refractivity contribution in [3.8, 4) is 5.75 Å². The monoisotopic (exact) mass is 406 g/mol. The maximum Gasteiger partial charge on any atom is 0.123 e. The largest absolute Gasteiger partial charge is 0.507 e. The first-order valence-corrected chi connectivity index (χ1v) is 11.7. The quantitative estimate of drug-likeness (QED) is 0.531. The van der Waals surface area contributed by atoms with Crippen molar-refractivity contribution in [3.05, 3.63) is 63.2 Å². The molecule has 2 aromatic rings. The number of phenols is 1. The van der Waals surface area contributed by atoms with Gasteiger partial charge in [-0.1, -0.05) is 65.8 Å². The molecule has 0 bridgehead atoms. The van der Waals surface area contributed by atoms with E-state index >= 15 is 0 Å². The molecular formula is C29H42O. The molecule has 0 radical (unpaired) electrons. The van der Waals surface area contributed by atoms with E-state index in [-0.39, 0.29) is 10.8 Å². The van der Waals surface area contributed by atoms with Crippen molar-refractivity contribution in [2.75, 3.05) is 0 Å². The summed E-state index contributed by atoms with van der Waals surface area (Å²) >= 11 is 0. The van der Waals surface area contributed by atoms with Crippen LogP contribution in [0.15, 0.2) is 24.3 Å². The Morgan fingerprint density at radius 1 is 0.633 bits per heavy atom. The third-order valence-corrected chi connectivity index (χ3v) is 7.27. The van der Waals surface area contributed by atoms with E-state index in [0.29, 0.717) is 17.6 Å². The van der Waals surface area contributed by atoms with Gasteiger partial charge in [-0.3, -0.25) is 0 Å². The van der Waals surface area contributed by atoms with Crippen LogP contribution < -0.4 is 0 Å². The normalized spacial score (nSPS) is 20.4. The van der Waals surface area contributed by atoms with E-state index in [1.807, 2.05) is 0 Å². The molecule has 0 aromatic heterocycles. The first-order valence-electron chi connectivity index (χ1n) is 11.7. The summed E-state index contributed by atoms with van der Waals surface area (Å²) in [6.45, 7) is 20.0. The summed E-state index contributed by atoms with van der Waals surface area (Å²) in [4.78, 5) is 0. The van der Waals surface area contributed by atoms with Crippen LogP contribution in [0.3, 0.4) is 0 Å². The highest BCUT2D eigenvalue weighted by Crippen LogP contribution is 2.46. The minimum absolute atomic E-state index is 0.0617. The summed E-state index contributed by atoms with van der Waals surface area (Å²) < 4.78 is 0. The van der Waals surface area contributed by atoms with Crippen molar-refractivity contribution in [1.82, 2.24) is 0 Å². The Labute approximate surface area is 184 Å². The molecule has 2 aromatic carbocycles. The van der Waals surface area contributed by atoms with Gasteiger partial charge in [-0.15, -0.1) is 0 Å². The van der Waals surface area contributed by atoms with Crippen LogP contribution in [-0.4, -0.2) is 5.11 Å². The van der Waals surface area contributed by atoms with Crippen LogP contribution >= 0.6 is 0 Å². The molecule has 1 N–H and O–H groups in total. The van der Waals surface area contributed by atoms with Crippen LogP contribution in [0, 0.1) is 20.8 Å². The van der Waals surface area contributed by atoms with E-state index in [1.165, 1.54) is 47.9 Å². The fourth-order valence-electron chi connectivity index (χ4n) is 5.20. The van der Waals surface area contributed by atoms with Gasteiger partial charge in [-0.2, -0.15) is 0 Å². The zero-order valence-corrected chi connectivity index (χ0v) is 20.7. The standard InChI is InChI=1S/C29H42O/c1-18-14-20(3)24(15-19(18)2)22-12-10-21(11-13-22)23-16-25(28(4,5)6)27(30)26(17-23)29(7,8)9/h14-17,21-22,30H,10-13H2,1-9H3.